The van der Waals surface area contributed by atoms with Crippen LogP contribution in [0.25, 0.3) is 0 Å². The number of carbonyl (C=O) groups excluding carboxylic acids is 1. The van der Waals surface area contributed by atoms with Crippen LogP contribution in [0.5, 0.6) is 11.5 Å². The number of amides is 1. The van der Waals surface area contributed by atoms with Gasteiger partial charge in [-0.05, 0) is 55.7 Å². The van der Waals surface area contributed by atoms with Crippen LogP contribution in [-0.2, 0) is 10.0 Å². The molecule has 0 atom stereocenters. The maximum Gasteiger partial charge on any atom is 0.271 e. The first kappa shape index (κ1) is 22.8. The molecule has 0 saturated carbocycles. The summed E-state index contributed by atoms with van der Waals surface area (Å²) in [6, 6.07) is 11.4. The minimum absolute atomic E-state index is 0.113. The molecule has 1 heterocycles. The van der Waals surface area contributed by atoms with E-state index in [2.05, 4.69) is 10.5 Å². The fraction of sp³-hybridized carbons (Fsp3) is 0.364. The second-order valence-corrected chi connectivity index (χ2v) is 9.00. The molecule has 31 heavy (non-hydrogen) atoms. The lowest BCUT2D eigenvalue weighted by molar-refractivity contribution is 0.0954. The van der Waals surface area contributed by atoms with Gasteiger partial charge in [-0.2, -0.15) is 9.41 Å². The molecule has 2 aromatic rings. The third-order valence-corrected chi connectivity index (χ3v) is 7.04. The highest BCUT2D eigenvalue weighted by molar-refractivity contribution is 7.89. The molecule has 0 bridgehead atoms. The van der Waals surface area contributed by atoms with Gasteiger partial charge in [0, 0.05) is 24.2 Å². The van der Waals surface area contributed by atoms with Crippen LogP contribution in [0.3, 0.4) is 0 Å². The van der Waals surface area contributed by atoms with E-state index in [4.69, 9.17) is 9.47 Å². The molecule has 1 saturated heterocycles. The Morgan fingerprint density at radius 3 is 2.39 bits per heavy atom. The zero-order valence-electron chi connectivity index (χ0n) is 17.9. The van der Waals surface area contributed by atoms with E-state index >= 15 is 0 Å². The molecule has 0 radical (unpaired) electrons. The van der Waals surface area contributed by atoms with Crippen molar-refractivity contribution in [3.63, 3.8) is 0 Å². The molecule has 166 valence electrons. The first-order valence-corrected chi connectivity index (χ1v) is 11.5. The van der Waals surface area contributed by atoms with Crippen molar-refractivity contribution in [1.29, 1.82) is 0 Å². The summed E-state index contributed by atoms with van der Waals surface area (Å²) in [7, 11) is -0.485. The fourth-order valence-corrected chi connectivity index (χ4v) is 4.99. The maximum atomic E-state index is 12.8. The largest absolute Gasteiger partial charge is 0.493 e. The highest BCUT2D eigenvalue weighted by Crippen LogP contribution is 2.28. The van der Waals surface area contributed by atoms with Crippen LogP contribution in [0.15, 0.2) is 52.5 Å². The van der Waals surface area contributed by atoms with E-state index in [0.29, 0.717) is 36.7 Å². The Morgan fingerprint density at radius 1 is 1.03 bits per heavy atom. The Bertz CT molecular complexity index is 1080. The summed E-state index contributed by atoms with van der Waals surface area (Å²) in [6.07, 6.45) is 2.27. The second kappa shape index (κ2) is 9.93. The smallest absolute Gasteiger partial charge is 0.271 e. The Hall–Kier alpha value is -2.91. The summed E-state index contributed by atoms with van der Waals surface area (Å²) >= 11 is 0. The van der Waals surface area contributed by atoms with Crippen LogP contribution < -0.4 is 14.9 Å². The monoisotopic (exact) mass is 445 g/mol. The molecule has 1 N–H and O–H groups in total. The van der Waals surface area contributed by atoms with Crippen molar-refractivity contribution in [2.24, 2.45) is 5.10 Å². The maximum absolute atomic E-state index is 12.8. The topological polar surface area (TPSA) is 97.3 Å². The van der Waals surface area contributed by atoms with Crippen LogP contribution in [0.1, 0.15) is 42.1 Å². The molecule has 1 fully saturated rings. The Morgan fingerprint density at radius 2 is 1.74 bits per heavy atom. The quantitative estimate of drug-likeness (QED) is 0.498. The van der Waals surface area contributed by atoms with Gasteiger partial charge in [0.05, 0.1) is 24.8 Å². The number of sulfonamides is 1. The van der Waals surface area contributed by atoms with Crippen molar-refractivity contribution in [3.8, 4) is 11.5 Å². The van der Waals surface area contributed by atoms with Gasteiger partial charge in [-0.3, -0.25) is 4.79 Å². The van der Waals surface area contributed by atoms with E-state index in [-0.39, 0.29) is 10.5 Å². The van der Waals surface area contributed by atoms with Gasteiger partial charge < -0.3 is 9.47 Å². The standard InChI is InChI=1S/C22H27N3O5S/c1-4-19(16-10-11-20(29-2)21(15-16)30-3)23-24-22(26)17-8-7-9-18(14-17)31(27,28)25-12-5-6-13-25/h7-11,14-15H,4-6,12-13H2,1-3H3,(H,24,26)/b23-19+. The molecule has 3 rings (SSSR count). The van der Waals surface area contributed by atoms with E-state index in [1.807, 2.05) is 13.0 Å². The molecular formula is C22H27N3O5S. The molecule has 0 unspecified atom stereocenters. The number of hydrazone groups is 1. The molecule has 0 aromatic heterocycles. The summed E-state index contributed by atoms with van der Waals surface area (Å²) in [6.45, 7) is 2.94. The Kier molecular flexibility index (Phi) is 7.29. The van der Waals surface area contributed by atoms with E-state index in [1.165, 1.54) is 16.4 Å². The summed E-state index contributed by atoms with van der Waals surface area (Å²) < 4.78 is 37.6. The van der Waals surface area contributed by atoms with Gasteiger partial charge in [-0.1, -0.05) is 13.0 Å². The average molecular weight is 446 g/mol. The molecular weight excluding hydrogens is 418 g/mol. The van der Waals surface area contributed by atoms with Crippen LogP contribution in [0, 0.1) is 0 Å². The van der Waals surface area contributed by atoms with Crippen LogP contribution >= 0.6 is 0 Å². The Balaban J connectivity index is 1.80. The number of ether oxygens (including phenoxy) is 2. The normalized spacial score (nSPS) is 15.0. The van der Waals surface area contributed by atoms with Crippen molar-refractivity contribution in [2.75, 3.05) is 27.3 Å². The lowest BCUT2D eigenvalue weighted by Crippen LogP contribution is -2.28. The number of rotatable bonds is 8. The predicted octanol–water partition coefficient (Wildman–Crippen LogP) is 3.03. The predicted molar refractivity (Wildman–Crippen MR) is 118 cm³/mol. The summed E-state index contributed by atoms with van der Waals surface area (Å²) in [5.41, 5.74) is 4.19. The lowest BCUT2D eigenvalue weighted by atomic mass is 10.1. The number of methoxy groups -OCH3 is 2. The van der Waals surface area contributed by atoms with Gasteiger partial charge in [0.25, 0.3) is 5.91 Å². The third-order valence-electron chi connectivity index (χ3n) is 5.14. The molecule has 2 aromatic carbocycles. The van der Waals surface area contributed by atoms with Gasteiger partial charge in [0.15, 0.2) is 11.5 Å². The van der Waals surface area contributed by atoms with Crippen molar-refractivity contribution in [2.45, 2.75) is 31.1 Å². The third kappa shape index (κ3) is 5.05. The molecule has 8 nitrogen and oxygen atoms in total. The number of benzene rings is 2. The molecule has 9 heteroatoms. The fourth-order valence-electron chi connectivity index (χ4n) is 3.42. The van der Waals surface area contributed by atoms with E-state index in [9.17, 15) is 13.2 Å². The first-order valence-electron chi connectivity index (χ1n) is 10.1. The van der Waals surface area contributed by atoms with Crippen molar-refractivity contribution < 1.29 is 22.7 Å². The molecule has 1 amide bonds. The number of hydrogen-bond donors (Lipinski definition) is 1. The Labute approximate surface area is 182 Å². The SMILES string of the molecule is CC/C(=N\NC(=O)c1cccc(S(=O)(=O)N2CCCC2)c1)c1ccc(OC)c(OC)c1. The number of hydrogen-bond acceptors (Lipinski definition) is 6. The summed E-state index contributed by atoms with van der Waals surface area (Å²) in [4.78, 5) is 12.8. The number of nitrogens with one attached hydrogen (secondary N) is 1. The van der Waals surface area contributed by atoms with Gasteiger partial charge in [0.1, 0.15) is 0 Å². The van der Waals surface area contributed by atoms with E-state index < -0.39 is 15.9 Å². The van der Waals surface area contributed by atoms with Gasteiger partial charge >= 0.3 is 0 Å². The number of nitrogens with zero attached hydrogens (tertiary/aromatic N) is 2. The molecule has 1 aliphatic heterocycles. The highest BCUT2D eigenvalue weighted by atomic mass is 32.2. The van der Waals surface area contributed by atoms with E-state index in [1.54, 1.807) is 38.5 Å². The van der Waals surface area contributed by atoms with E-state index in [0.717, 1.165) is 18.4 Å². The average Bonchev–Trinajstić information content (AvgIpc) is 3.35. The minimum atomic E-state index is -3.60. The van der Waals surface area contributed by atoms with Crippen molar-refractivity contribution in [3.05, 3.63) is 53.6 Å². The molecule has 1 aliphatic rings. The molecule has 0 aliphatic carbocycles. The van der Waals surface area contributed by atoms with Crippen LogP contribution in [0.2, 0.25) is 0 Å². The second-order valence-electron chi connectivity index (χ2n) is 7.06. The highest BCUT2D eigenvalue weighted by Gasteiger charge is 2.27. The van der Waals surface area contributed by atoms with Crippen molar-refractivity contribution in [1.82, 2.24) is 9.73 Å². The zero-order valence-corrected chi connectivity index (χ0v) is 18.7. The van der Waals surface area contributed by atoms with Crippen LogP contribution in [-0.4, -0.2) is 51.7 Å². The summed E-state index contributed by atoms with van der Waals surface area (Å²) in [5.74, 6) is 0.680. The van der Waals surface area contributed by atoms with Crippen LogP contribution in [0.4, 0.5) is 0 Å². The van der Waals surface area contributed by atoms with Gasteiger partial charge in [0.2, 0.25) is 10.0 Å². The lowest BCUT2D eigenvalue weighted by Gasteiger charge is -2.15. The molecule has 0 spiro atoms. The van der Waals surface area contributed by atoms with Crippen molar-refractivity contribution >= 4 is 21.6 Å². The first-order chi connectivity index (χ1) is 14.9. The van der Waals surface area contributed by atoms with Gasteiger partial charge in [-0.15, -0.1) is 0 Å². The minimum Gasteiger partial charge on any atom is -0.493 e. The summed E-state index contributed by atoms with van der Waals surface area (Å²) in [5, 5.41) is 4.25. The zero-order chi connectivity index (χ0) is 22.4. The van der Waals surface area contributed by atoms with Gasteiger partial charge in [-0.25, -0.2) is 13.8 Å². The number of carbonyl (C=O) groups is 1.